The third-order valence-electron chi connectivity index (χ3n) is 14.4. The zero-order valence-electron chi connectivity index (χ0n) is 35.8. The van der Waals surface area contributed by atoms with Crippen LogP contribution in [-0.4, -0.2) is 0 Å². The first-order valence-electron chi connectivity index (χ1n) is 22.4. The van der Waals surface area contributed by atoms with Gasteiger partial charge >= 0.3 is 0 Å². The van der Waals surface area contributed by atoms with Gasteiger partial charge in [-0.05, 0) is 115 Å². The summed E-state index contributed by atoms with van der Waals surface area (Å²) in [6.45, 7) is 4.75. The van der Waals surface area contributed by atoms with Gasteiger partial charge in [-0.3, -0.25) is 0 Å². The molecule has 0 amide bonds. The molecule has 3 aliphatic rings. The van der Waals surface area contributed by atoms with Crippen LogP contribution >= 0.6 is 0 Å². The molecule has 2 nitrogen and oxygen atoms in total. The predicted molar refractivity (Wildman–Crippen MR) is 267 cm³/mol. The molecule has 302 valence electrons. The highest BCUT2D eigenvalue weighted by atomic mass is 15.2. The Labute approximate surface area is 375 Å². The molecule has 1 spiro atoms. The molecule has 2 heteroatoms. The fraction of sp³-hybridized carbons (Fsp3) is 0.0645. The van der Waals surface area contributed by atoms with Gasteiger partial charge in [0.2, 0.25) is 0 Å². The lowest BCUT2D eigenvalue weighted by atomic mass is 9.69. The van der Waals surface area contributed by atoms with E-state index < -0.39 is 5.41 Å². The third-order valence-corrected chi connectivity index (χ3v) is 14.4. The predicted octanol–water partition coefficient (Wildman–Crippen LogP) is 16.4. The zero-order chi connectivity index (χ0) is 42.6. The molecule has 0 N–H and O–H groups in total. The number of hydrogen-bond donors (Lipinski definition) is 0. The van der Waals surface area contributed by atoms with E-state index in [-0.39, 0.29) is 5.41 Å². The average molecular weight is 817 g/mol. The van der Waals surface area contributed by atoms with Crippen LogP contribution < -0.4 is 9.80 Å². The molecular weight excluding hydrogens is 773 g/mol. The lowest BCUT2D eigenvalue weighted by molar-refractivity contribution is 0.660. The van der Waals surface area contributed by atoms with E-state index in [0.29, 0.717) is 0 Å². The van der Waals surface area contributed by atoms with Crippen LogP contribution in [0.1, 0.15) is 47.2 Å². The quantitative estimate of drug-likeness (QED) is 0.165. The van der Waals surface area contributed by atoms with Gasteiger partial charge in [0.25, 0.3) is 0 Å². The van der Waals surface area contributed by atoms with E-state index in [4.69, 9.17) is 0 Å². The molecule has 1 atom stereocenters. The number of anilines is 6. The highest BCUT2D eigenvalue weighted by molar-refractivity contribution is 6.11. The molecule has 10 aromatic carbocycles. The summed E-state index contributed by atoms with van der Waals surface area (Å²) in [6.07, 6.45) is 0. The van der Waals surface area contributed by atoms with Crippen molar-refractivity contribution < 1.29 is 0 Å². The maximum atomic E-state index is 2.55. The van der Waals surface area contributed by atoms with Crippen LogP contribution in [0.3, 0.4) is 0 Å². The lowest BCUT2D eigenvalue weighted by Gasteiger charge is -2.34. The van der Waals surface area contributed by atoms with Crippen LogP contribution in [0.5, 0.6) is 0 Å². The highest BCUT2D eigenvalue weighted by Gasteiger charge is 2.54. The number of nitrogens with zero attached hydrogens (tertiary/aromatic N) is 2. The molecule has 1 unspecified atom stereocenters. The van der Waals surface area contributed by atoms with Gasteiger partial charge in [-0.15, -0.1) is 0 Å². The van der Waals surface area contributed by atoms with E-state index in [2.05, 4.69) is 254 Å². The van der Waals surface area contributed by atoms with Crippen LogP contribution in [0, 0.1) is 0 Å². The zero-order valence-corrected chi connectivity index (χ0v) is 35.8. The van der Waals surface area contributed by atoms with Gasteiger partial charge < -0.3 is 9.80 Å². The first kappa shape index (κ1) is 36.7. The molecule has 0 saturated heterocycles. The van der Waals surface area contributed by atoms with Crippen molar-refractivity contribution in [2.24, 2.45) is 0 Å². The maximum Gasteiger partial charge on any atom is 0.0733 e. The van der Waals surface area contributed by atoms with Crippen molar-refractivity contribution in [3.63, 3.8) is 0 Å². The molecular formula is C62H44N2. The van der Waals surface area contributed by atoms with Crippen LogP contribution in [0.25, 0.3) is 44.2 Å². The van der Waals surface area contributed by atoms with E-state index in [1.165, 1.54) is 94.6 Å². The van der Waals surface area contributed by atoms with Crippen molar-refractivity contribution >= 4 is 44.9 Å². The molecule has 64 heavy (non-hydrogen) atoms. The highest BCUT2D eigenvalue weighted by Crippen LogP contribution is 2.68. The van der Waals surface area contributed by atoms with E-state index in [9.17, 15) is 0 Å². The van der Waals surface area contributed by atoms with Gasteiger partial charge in [-0.1, -0.05) is 190 Å². The van der Waals surface area contributed by atoms with Crippen LogP contribution in [0.4, 0.5) is 34.1 Å². The number of rotatable bonds is 6. The third kappa shape index (κ3) is 4.91. The monoisotopic (exact) mass is 816 g/mol. The summed E-state index contributed by atoms with van der Waals surface area (Å²) < 4.78 is 0. The molecule has 0 fully saturated rings. The van der Waals surface area contributed by atoms with Crippen molar-refractivity contribution in [1.82, 2.24) is 0 Å². The number of fused-ring (bicyclic) bond motifs is 15. The van der Waals surface area contributed by atoms with Crippen molar-refractivity contribution in [2.45, 2.75) is 24.7 Å². The second kappa shape index (κ2) is 13.8. The normalized spacial score (nSPS) is 15.5. The van der Waals surface area contributed by atoms with Crippen molar-refractivity contribution in [3.05, 3.63) is 264 Å². The molecule has 0 bridgehead atoms. The summed E-state index contributed by atoms with van der Waals surface area (Å²) in [6, 6.07) is 85.7. The van der Waals surface area contributed by atoms with E-state index >= 15 is 0 Å². The molecule has 0 saturated carbocycles. The molecule has 0 heterocycles. The van der Waals surface area contributed by atoms with Crippen LogP contribution in [-0.2, 0) is 10.8 Å². The Morgan fingerprint density at radius 1 is 0.312 bits per heavy atom. The minimum Gasteiger partial charge on any atom is -0.310 e. The van der Waals surface area contributed by atoms with Gasteiger partial charge in [0.1, 0.15) is 0 Å². The molecule has 0 aliphatic heterocycles. The van der Waals surface area contributed by atoms with E-state index in [1.807, 2.05) is 0 Å². The second-order valence-corrected chi connectivity index (χ2v) is 18.0. The Morgan fingerprint density at radius 2 is 0.734 bits per heavy atom. The molecule has 0 aromatic heterocycles. The minimum absolute atomic E-state index is 0.136. The summed E-state index contributed by atoms with van der Waals surface area (Å²) in [7, 11) is 0. The molecule has 3 aliphatic carbocycles. The number of hydrogen-bond acceptors (Lipinski definition) is 2. The molecule has 10 aromatic rings. The van der Waals surface area contributed by atoms with Gasteiger partial charge in [0, 0.05) is 39.2 Å². The fourth-order valence-electron chi connectivity index (χ4n) is 11.9. The first-order chi connectivity index (χ1) is 31.6. The fourth-order valence-corrected chi connectivity index (χ4v) is 11.9. The Balaban J connectivity index is 1.16. The number of para-hydroxylation sites is 3. The summed E-state index contributed by atoms with van der Waals surface area (Å²) in [4.78, 5) is 5.01. The van der Waals surface area contributed by atoms with Crippen LogP contribution in [0.15, 0.2) is 231 Å². The Kier molecular flexibility index (Phi) is 7.90. The van der Waals surface area contributed by atoms with E-state index in [1.54, 1.807) is 0 Å². The van der Waals surface area contributed by atoms with Gasteiger partial charge in [0.15, 0.2) is 0 Å². The van der Waals surface area contributed by atoms with Crippen LogP contribution in [0.2, 0.25) is 0 Å². The minimum atomic E-state index is -0.613. The van der Waals surface area contributed by atoms with E-state index in [0.717, 1.165) is 17.1 Å². The Bertz CT molecular complexity index is 3440. The molecule has 0 radical (unpaired) electrons. The lowest BCUT2D eigenvalue weighted by Crippen LogP contribution is -2.26. The maximum absolute atomic E-state index is 2.55. The summed E-state index contributed by atoms with van der Waals surface area (Å²) in [5.74, 6) is 0. The Hall–Kier alpha value is -7.94. The van der Waals surface area contributed by atoms with Gasteiger partial charge in [0.05, 0.1) is 22.5 Å². The second-order valence-electron chi connectivity index (χ2n) is 18.0. The average Bonchev–Trinajstić information content (AvgIpc) is 3.92. The summed E-state index contributed by atoms with van der Waals surface area (Å²) in [5.41, 5.74) is 21.8. The van der Waals surface area contributed by atoms with Gasteiger partial charge in [-0.2, -0.15) is 0 Å². The van der Waals surface area contributed by atoms with Gasteiger partial charge in [-0.25, -0.2) is 0 Å². The standard InChI is InChI=1S/C62H44N2/c1-61(2)49-33-17-14-30-46(49)57-52(61)36-20-38-54(57)64(44-27-10-5-11-28-44)55-39-21-37-53-58(55)47-31-15-18-34-50(47)62(53)51-35-19-16-32-48(51)59-56(40-41-22-12-13-29-45(41)60(59)62)63(42-23-6-3-7-24-42)43-25-8-4-9-26-43/h3-40H,1-2H3. The summed E-state index contributed by atoms with van der Waals surface area (Å²) >= 11 is 0. The van der Waals surface area contributed by atoms with Crippen molar-refractivity contribution in [1.29, 1.82) is 0 Å². The first-order valence-corrected chi connectivity index (χ1v) is 22.4. The summed E-state index contributed by atoms with van der Waals surface area (Å²) in [5, 5.41) is 2.49. The van der Waals surface area contributed by atoms with Crippen molar-refractivity contribution in [2.75, 3.05) is 9.80 Å². The topological polar surface area (TPSA) is 6.48 Å². The Morgan fingerprint density at radius 3 is 1.33 bits per heavy atom. The largest absolute Gasteiger partial charge is 0.310 e. The smallest absolute Gasteiger partial charge is 0.0733 e. The number of benzene rings is 10. The van der Waals surface area contributed by atoms with Crippen molar-refractivity contribution in [3.8, 4) is 33.4 Å². The SMILES string of the molecule is CC1(C)c2ccccc2-c2c(N(c3ccccc3)c3cccc4c3-c3ccccc3C43c4ccccc4-c4c(N(c5ccccc5)c5ccccc5)cc5ccccc5c43)cccc21. The molecule has 13 rings (SSSR count).